The molecule has 0 radical (unpaired) electrons. The van der Waals surface area contributed by atoms with Gasteiger partial charge in [0.05, 0.1) is 17.2 Å². The van der Waals surface area contributed by atoms with Crippen LogP contribution in [0.3, 0.4) is 0 Å². The van der Waals surface area contributed by atoms with Crippen LogP contribution in [0.5, 0.6) is 0 Å². The summed E-state index contributed by atoms with van der Waals surface area (Å²) in [5.74, 6) is 0.771. The van der Waals surface area contributed by atoms with Gasteiger partial charge in [0.15, 0.2) is 5.82 Å². The van der Waals surface area contributed by atoms with Gasteiger partial charge in [-0.2, -0.15) is 5.10 Å². The lowest BCUT2D eigenvalue weighted by atomic mass is 10.00. The summed E-state index contributed by atoms with van der Waals surface area (Å²) in [6.45, 7) is 7.44. The van der Waals surface area contributed by atoms with Gasteiger partial charge in [0, 0.05) is 36.1 Å². The second kappa shape index (κ2) is 6.73. The van der Waals surface area contributed by atoms with E-state index in [2.05, 4.69) is 15.2 Å². The average molecular weight is 384 g/mol. The summed E-state index contributed by atoms with van der Waals surface area (Å²) in [5, 5.41) is 11.5. The number of amides is 1. The number of aryl methyl sites for hydroxylation is 3. The summed E-state index contributed by atoms with van der Waals surface area (Å²) in [4.78, 5) is 30.5. The van der Waals surface area contributed by atoms with E-state index >= 15 is 0 Å². The fraction of sp³-hybridized carbons (Fsp3) is 0.389. The number of carbonyl (C=O) groups excluding carboxylic acids is 1. The monoisotopic (exact) mass is 384 g/mol. The lowest BCUT2D eigenvalue weighted by Gasteiger charge is -2.38. The number of likely N-dealkylation sites (tertiary alicyclic amines) is 1. The fourth-order valence-corrected chi connectivity index (χ4v) is 3.85. The van der Waals surface area contributed by atoms with Gasteiger partial charge in [-0.3, -0.25) is 9.59 Å². The first-order valence-corrected chi connectivity index (χ1v) is 9.62. The molecule has 8 nitrogen and oxygen atoms in total. The largest absolute Gasteiger partial charge is 0.336 e. The Morgan fingerprint density at radius 2 is 2.00 bits per heavy atom. The van der Waals surface area contributed by atoms with Gasteiger partial charge < -0.3 is 4.90 Å². The average Bonchev–Trinajstić information content (AvgIpc) is 3.16. The number of hydrogen-bond donors (Lipinski definition) is 0. The molecule has 1 saturated heterocycles. The van der Waals surface area contributed by atoms with Crippen molar-refractivity contribution in [3.63, 3.8) is 0 Å². The van der Waals surface area contributed by atoms with Gasteiger partial charge in [0.1, 0.15) is 5.69 Å². The van der Waals surface area contributed by atoms with Crippen LogP contribution < -0.4 is 5.56 Å². The second-order valence-corrected chi connectivity index (χ2v) is 7.94. The number of hydrogen-bond acceptors (Lipinski definition) is 6. The Balaban J connectivity index is 1.45. The van der Waals surface area contributed by atoms with Crippen molar-refractivity contribution in [2.75, 3.05) is 13.1 Å². The predicted molar refractivity (Wildman–Crippen MR) is 101 cm³/mol. The molecule has 0 N–H and O–H groups in total. The van der Waals surface area contributed by atoms with E-state index in [0.717, 1.165) is 16.4 Å². The molecular formula is C18H20N6O2S. The third-order valence-corrected chi connectivity index (χ3v) is 5.37. The van der Waals surface area contributed by atoms with Crippen LogP contribution in [0.15, 0.2) is 28.4 Å². The number of thiazole rings is 1. The highest BCUT2D eigenvalue weighted by molar-refractivity contribution is 7.09. The van der Waals surface area contributed by atoms with Gasteiger partial charge in [-0.25, -0.2) is 14.3 Å². The first kappa shape index (κ1) is 17.6. The Labute approximate surface area is 160 Å². The van der Waals surface area contributed by atoms with E-state index in [1.54, 1.807) is 21.0 Å². The van der Waals surface area contributed by atoms with E-state index in [-0.39, 0.29) is 17.4 Å². The smallest absolute Gasteiger partial charge is 0.273 e. The van der Waals surface area contributed by atoms with Crippen molar-refractivity contribution in [2.45, 2.75) is 27.3 Å². The molecule has 0 unspecified atom stereocenters. The molecule has 1 aliphatic rings. The van der Waals surface area contributed by atoms with Crippen LogP contribution in [-0.4, -0.2) is 48.4 Å². The van der Waals surface area contributed by atoms with Crippen molar-refractivity contribution in [1.29, 1.82) is 0 Å². The second-order valence-electron chi connectivity index (χ2n) is 6.88. The molecule has 4 heterocycles. The third kappa shape index (κ3) is 3.42. The molecule has 9 heteroatoms. The number of rotatable bonds is 4. The molecule has 3 aromatic heterocycles. The standard InChI is InChI=1S/C18H20N6O2S/c1-11-6-12(2)24(20-11)16-4-5-17(25)23(21-16)9-14-7-22(8-14)18(26)15-10-27-13(3)19-15/h4-6,10,14H,7-9H2,1-3H3. The Kier molecular flexibility index (Phi) is 4.39. The minimum atomic E-state index is -0.153. The summed E-state index contributed by atoms with van der Waals surface area (Å²) < 4.78 is 3.19. The van der Waals surface area contributed by atoms with Crippen molar-refractivity contribution in [2.24, 2.45) is 5.92 Å². The maximum atomic E-state index is 12.4. The molecule has 140 valence electrons. The Bertz CT molecular complexity index is 1060. The van der Waals surface area contributed by atoms with E-state index in [1.165, 1.54) is 22.1 Å². The Hall–Kier alpha value is -2.81. The highest BCUT2D eigenvalue weighted by atomic mass is 32.1. The lowest BCUT2D eigenvalue weighted by Crippen LogP contribution is -2.52. The van der Waals surface area contributed by atoms with Gasteiger partial charge >= 0.3 is 0 Å². The van der Waals surface area contributed by atoms with Crippen LogP contribution in [0.2, 0.25) is 0 Å². The zero-order valence-electron chi connectivity index (χ0n) is 15.4. The van der Waals surface area contributed by atoms with E-state index in [4.69, 9.17) is 0 Å². The number of aromatic nitrogens is 5. The molecular weight excluding hydrogens is 364 g/mol. The maximum Gasteiger partial charge on any atom is 0.273 e. The SMILES string of the molecule is Cc1cc(C)n(-c2ccc(=O)n(CC3CN(C(=O)c4csc(C)n4)C3)n2)n1. The minimum Gasteiger partial charge on any atom is -0.336 e. The van der Waals surface area contributed by atoms with E-state index in [0.29, 0.717) is 31.1 Å². The fourth-order valence-electron chi connectivity index (χ4n) is 3.26. The van der Waals surface area contributed by atoms with Crippen molar-refractivity contribution in [3.05, 3.63) is 56.0 Å². The normalized spacial score (nSPS) is 14.4. The van der Waals surface area contributed by atoms with Gasteiger partial charge in [-0.15, -0.1) is 16.4 Å². The van der Waals surface area contributed by atoms with E-state index in [1.807, 2.05) is 26.8 Å². The van der Waals surface area contributed by atoms with Crippen LogP contribution in [0.25, 0.3) is 5.82 Å². The van der Waals surface area contributed by atoms with E-state index < -0.39 is 0 Å². The van der Waals surface area contributed by atoms with Gasteiger partial charge in [-0.05, 0) is 32.9 Å². The summed E-state index contributed by atoms with van der Waals surface area (Å²) in [6, 6.07) is 5.16. The topological polar surface area (TPSA) is 85.9 Å². The van der Waals surface area contributed by atoms with Crippen LogP contribution in [-0.2, 0) is 6.54 Å². The molecule has 27 heavy (non-hydrogen) atoms. The maximum absolute atomic E-state index is 12.4. The number of carbonyl (C=O) groups is 1. The first-order chi connectivity index (χ1) is 12.9. The van der Waals surface area contributed by atoms with Crippen molar-refractivity contribution in [1.82, 2.24) is 29.4 Å². The highest BCUT2D eigenvalue weighted by Gasteiger charge is 2.32. The quantitative estimate of drug-likeness (QED) is 0.682. The minimum absolute atomic E-state index is 0.0488. The van der Waals surface area contributed by atoms with Gasteiger partial charge in [-0.1, -0.05) is 0 Å². The number of nitrogens with zero attached hydrogens (tertiary/aromatic N) is 6. The molecule has 3 aromatic rings. The molecule has 0 atom stereocenters. The summed E-state index contributed by atoms with van der Waals surface area (Å²) in [6.07, 6.45) is 0. The molecule has 1 amide bonds. The van der Waals surface area contributed by atoms with Crippen LogP contribution in [0, 0.1) is 26.7 Å². The first-order valence-electron chi connectivity index (χ1n) is 8.74. The Morgan fingerprint density at radius 1 is 1.22 bits per heavy atom. The molecule has 4 rings (SSSR count). The summed E-state index contributed by atoms with van der Waals surface area (Å²) in [7, 11) is 0. The molecule has 0 aromatic carbocycles. The molecule has 0 spiro atoms. The predicted octanol–water partition coefficient (Wildman–Crippen LogP) is 1.58. The molecule has 1 fully saturated rings. The molecule has 0 bridgehead atoms. The zero-order valence-corrected chi connectivity index (χ0v) is 16.2. The Morgan fingerprint density at radius 3 is 2.63 bits per heavy atom. The molecule has 1 aliphatic heterocycles. The van der Waals surface area contributed by atoms with Crippen LogP contribution in [0.1, 0.15) is 26.9 Å². The molecule has 0 aliphatic carbocycles. The summed E-state index contributed by atoms with van der Waals surface area (Å²) >= 11 is 1.47. The lowest BCUT2D eigenvalue weighted by molar-refractivity contribution is 0.0453. The highest BCUT2D eigenvalue weighted by Crippen LogP contribution is 2.21. The van der Waals surface area contributed by atoms with Crippen molar-refractivity contribution < 1.29 is 4.79 Å². The zero-order chi connectivity index (χ0) is 19.1. The molecule has 0 saturated carbocycles. The van der Waals surface area contributed by atoms with Crippen LogP contribution in [0.4, 0.5) is 0 Å². The van der Waals surface area contributed by atoms with Gasteiger partial charge in [0.25, 0.3) is 11.5 Å². The third-order valence-electron chi connectivity index (χ3n) is 4.59. The van der Waals surface area contributed by atoms with Gasteiger partial charge in [0.2, 0.25) is 0 Å². The van der Waals surface area contributed by atoms with Crippen molar-refractivity contribution >= 4 is 17.2 Å². The summed E-state index contributed by atoms with van der Waals surface area (Å²) in [5.41, 5.74) is 2.21. The van der Waals surface area contributed by atoms with E-state index in [9.17, 15) is 9.59 Å². The van der Waals surface area contributed by atoms with Crippen molar-refractivity contribution in [3.8, 4) is 5.82 Å². The van der Waals surface area contributed by atoms with Crippen LogP contribution >= 0.6 is 11.3 Å².